The lowest BCUT2D eigenvalue weighted by Gasteiger charge is -2.22. The Morgan fingerprint density at radius 2 is 2.19 bits per heavy atom. The van der Waals surface area contributed by atoms with E-state index < -0.39 is 11.6 Å². The molecule has 5 heteroatoms. The zero-order valence-corrected chi connectivity index (χ0v) is 9.32. The number of carbonyl (C=O) groups is 1. The monoisotopic (exact) mass is 226 g/mol. The lowest BCUT2D eigenvalue weighted by atomic mass is 9.82. The van der Waals surface area contributed by atoms with Crippen LogP contribution in [0, 0.1) is 5.92 Å². The summed E-state index contributed by atoms with van der Waals surface area (Å²) >= 11 is 0. The van der Waals surface area contributed by atoms with Gasteiger partial charge in [0.1, 0.15) is 0 Å². The third-order valence-corrected chi connectivity index (χ3v) is 3.60. The van der Waals surface area contributed by atoms with E-state index in [-0.39, 0.29) is 6.54 Å². The average molecular weight is 226 g/mol. The van der Waals surface area contributed by atoms with Gasteiger partial charge in [-0.3, -0.25) is 0 Å². The highest BCUT2D eigenvalue weighted by atomic mass is 16.7. The Morgan fingerprint density at radius 1 is 1.50 bits per heavy atom. The van der Waals surface area contributed by atoms with Crippen molar-refractivity contribution in [1.82, 2.24) is 0 Å². The van der Waals surface area contributed by atoms with Gasteiger partial charge in [0.2, 0.25) is 0 Å². The zero-order chi connectivity index (χ0) is 11.6. The normalized spacial score (nSPS) is 30.9. The fourth-order valence-corrected chi connectivity index (χ4v) is 2.47. The molecule has 0 aromatic carbocycles. The van der Waals surface area contributed by atoms with Gasteiger partial charge in [0.05, 0.1) is 5.71 Å². The molecule has 0 spiro atoms. The largest absolute Gasteiger partial charge is 0.478 e. The number of aliphatic carboxylic acids is 1. The molecule has 1 fully saturated rings. The van der Waals surface area contributed by atoms with E-state index in [0.29, 0.717) is 12.3 Å². The predicted molar refractivity (Wildman–Crippen MR) is 59.1 cm³/mol. The molecule has 2 aliphatic rings. The summed E-state index contributed by atoms with van der Waals surface area (Å²) in [6.07, 6.45) is 6.22. The second-order valence-corrected chi connectivity index (χ2v) is 4.69. The summed E-state index contributed by atoms with van der Waals surface area (Å²) in [5.74, 6) is -0.605. The van der Waals surface area contributed by atoms with Crippen molar-refractivity contribution in [1.29, 1.82) is 0 Å². The molecule has 0 amide bonds. The Bertz CT molecular complexity index is 310. The summed E-state index contributed by atoms with van der Waals surface area (Å²) < 4.78 is 0. The first-order chi connectivity index (χ1) is 7.68. The van der Waals surface area contributed by atoms with Crippen molar-refractivity contribution in [3.63, 3.8) is 0 Å². The highest BCUT2D eigenvalue weighted by molar-refractivity contribution is 5.94. The molecule has 16 heavy (non-hydrogen) atoms. The summed E-state index contributed by atoms with van der Waals surface area (Å²) in [4.78, 5) is 16.2. The van der Waals surface area contributed by atoms with E-state index in [1.807, 2.05) is 0 Å². The van der Waals surface area contributed by atoms with Gasteiger partial charge in [-0.1, -0.05) is 24.4 Å². The molecule has 2 rings (SSSR count). The number of hydrogen-bond acceptors (Lipinski definition) is 4. The van der Waals surface area contributed by atoms with Crippen molar-refractivity contribution in [3.05, 3.63) is 0 Å². The summed E-state index contributed by atoms with van der Waals surface area (Å²) in [7, 11) is 0. The van der Waals surface area contributed by atoms with Crippen LogP contribution in [-0.2, 0) is 9.63 Å². The molecule has 0 bridgehead atoms. The molecule has 1 heterocycles. The van der Waals surface area contributed by atoms with Gasteiger partial charge in [-0.2, -0.15) is 0 Å². The topological polar surface area (TPSA) is 84.9 Å². The molecule has 1 unspecified atom stereocenters. The second-order valence-electron chi connectivity index (χ2n) is 4.69. The fourth-order valence-electron chi connectivity index (χ4n) is 2.47. The van der Waals surface area contributed by atoms with Gasteiger partial charge in [-0.25, -0.2) is 4.79 Å². The van der Waals surface area contributed by atoms with Crippen LogP contribution in [0.3, 0.4) is 0 Å². The van der Waals surface area contributed by atoms with Gasteiger partial charge < -0.3 is 15.7 Å². The number of nitrogens with zero attached hydrogens (tertiary/aromatic N) is 1. The second kappa shape index (κ2) is 4.41. The van der Waals surface area contributed by atoms with Crippen LogP contribution in [-0.4, -0.2) is 28.9 Å². The number of hydrogen-bond donors (Lipinski definition) is 2. The van der Waals surface area contributed by atoms with Crippen LogP contribution < -0.4 is 5.73 Å². The SMILES string of the molecule is NCC1(C(=O)O)CC(C2CCCCC2)=NO1. The van der Waals surface area contributed by atoms with E-state index in [9.17, 15) is 4.79 Å². The molecular formula is C11H18N2O3. The van der Waals surface area contributed by atoms with E-state index in [4.69, 9.17) is 15.7 Å². The van der Waals surface area contributed by atoms with Crippen molar-refractivity contribution < 1.29 is 14.7 Å². The van der Waals surface area contributed by atoms with E-state index >= 15 is 0 Å². The zero-order valence-electron chi connectivity index (χ0n) is 9.32. The number of carboxylic acid groups (broad SMARTS) is 1. The third kappa shape index (κ3) is 1.91. The molecule has 0 saturated heterocycles. The Balaban J connectivity index is 2.02. The van der Waals surface area contributed by atoms with Crippen LogP contribution in [0.5, 0.6) is 0 Å². The van der Waals surface area contributed by atoms with Crippen molar-refractivity contribution >= 4 is 11.7 Å². The van der Waals surface area contributed by atoms with Crippen molar-refractivity contribution in [3.8, 4) is 0 Å². The standard InChI is InChI=1S/C11H18N2O3/c12-7-11(10(14)15)6-9(13-16-11)8-4-2-1-3-5-8/h8H,1-7,12H2,(H,14,15). The maximum absolute atomic E-state index is 11.1. The van der Waals surface area contributed by atoms with Gasteiger partial charge in [0, 0.05) is 18.9 Å². The van der Waals surface area contributed by atoms with Crippen molar-refractivity contribution in [2.75, 3.05) is 6.54 Å². The highest BCUT2D eigenvalue weighted by Gasteiger charge is 2.47. The maximum Gasteiger partial charge on any atom is 0.352 e. The van der Waals surface area contributed by atoms with E-state index in [1.165, 1.54) is 19.3 Å². The van der Waals surface area contributed by atoms with Crippen molar-refractivity contribution in [2.24, 2.45) is 16.8 Å². The Kier molecular flexibility index (Phi) is 3.14. The number of nitrogens with two attached hydrogens (primary N) is 1. The molecule has 0 aromatic heterocycles. The van der Waals surface area contributed by atoms with Gasteiger partial charge in [-0.15, -0.1) is 0 Å². The lowest BCUT2D eigenvalue weighted by Crippen LogP contribution is -2.46. The minimum atomic E-state index is -1.30. The summed E-state index contributed by atoms with van der Waals surface area (Å²) in [6.45, 7) is -0.0257. The maximum atomic E-state index is 11.1. The molecule has 1 atom stereocenters. The lowest BCUT2D eigenvalue weighted by molar-refractivity contribution is -0.161. The Labute approximate surface area is 94.6 Å². The highest BCUT2D eigenvalue weighted by Crippen LogP contribution is 2.33. The molecule has 0 radical (unpaired) electrons. The predicted octanol–water partition coefficient (Wildman–Crippen LogP) is 1.13. The molecule has 90 valence electrons. The van der Waals surface area contributed by atoms with Crippen LogP contribution >= 0.6 is 0 Å². The first-order valence-electron chi connectivity index (χ1n) is 5.86. The van der Waals surface area contributed by atoms with Crippen LogP contribution in [0.4, 0.5) is 0 Å². The van der Waals surface area contributed by atoms with Gasteiger partial charge >= 0.3 is 5.97 Å². The fraction of sp³-hybridized carbons (Fsp3) is 0.818. The summed E-state index contributed by atoms with van der Waals surface area (Å²) in [6, 6.07) is 0. The Morgan fingerprint density at radius 3 is 2.69 bits per heavy atom. The number of rotatable bonds is 3. The quantitative estimate of drug-likeness (QED) is 0.755. The first-order valence-corrected chi connectivity index (χ1v) is 5.86. The molecule has 0 aromatic rings. The smallest absolute Gasteiger partial charge is 0.352 e. The van der Waals surface area contributed by atoms with Gasteiger partial charge in [0.25, 0.3) is 5.60 Å². The van der Waals surface area contributed by atoms with E-state index in [2.05, 4.69) is 5.16 Å². The van der Waals surface area contributed by atoms with Crippen LogP contribution in [0.2, 0.25) is 0 Å². The first kappa shape index (κ1) is 11.4. The molecule has 1 saturated carbocycles. The molecule has 1 aliphatic carbocycles. The molecule has 3 N–H and O–H groups in total. The molecule has 1 aliphatic heterocycles. The summed E-state index contributed by atoms with van der Waals surface area (Å²) in [5.41, 5.74) is 5.08. The van der Waals surface area contributed by atoms with E-state index in [0.717, 1.165) is 18.6 Å². The number of carboxylic acids is 1. The molecule has 5 nitrogen and oxygen atoms in total. The van der Waals surface area contributed by atoms with E-state index in [1.54, 1.807) is 0 Å². The van der Waals surface area contributed by atoms with Crippen LogP contribution in [0.15, 0.2) is 5.16 Å². The van der Waals surface area contributed by atoms with Crippen LogP contribution in [0.1, 0.15) is 38.5 Å². The van der Waals surface area contributed by atoms with Gasteiger partial charge in [-0.05, 0) is 12.8 Å². The molecular weight excluding hydrogens is 208 g/mol. The number of oxime groups is 1. The Hall–Kier alpha value is -1.10. The van der Waals surface area contributed by atoms with Crippen molar-refractivity contribution in [2.45, 2.75) is 44.1 Å². The minimum absolute atomic E-state index is 0.0257. The average Bonchev–Trinajstić information content (AvgIpc) is 2.76. The van der Waals surface area contributed by atoms with Crippen LogP contribution in [0.25, 0.3) is 0 Å². The minimum Gasteiger partial charge on any atom is -0.478 e. The van der Waals surface area contributed by atoms with Gasteiger partial charge in [0.15, 0.2) is 0 Å². The summed E-state index contributed by atoms with van der Waals surface area (Å²) in [5, 5.41) is 13.1. The third-order valence-electron chi connectivity index (χ3n) is 3.60.